The van der Waals surface area contributed by atoms with Gasteiger partial charge < -0.3 is 14.2 Å². The van der Waals surface area contributed by atoms with E-state index < -0.39 is 6.10 Å². The fourth-order valence-electron chi connectivity index (χ4n) is 6.82. The Morgan fingerprint density at radius 3 is 0.871 bits per heavy atom. The zero-order valence-corrected chi connectivity index (χ0v) is 44.2. The Bertz CT molecular complexity index is 1670. The summed E-state index contributed by atoms with van der Waals surface area (Å²) in [5, 5.41) is 0. The summed E-state index contributed by atoms with van der Waals surface area (Å²) in [4.78, 5) is 38.1. The van der Waals surface area contributed by atoms with Crippen LogP contribution >= 0.6 is 0 Å². The van der Waals surface area contributed by atoms with Crippen molar-refractivity contribution in [3.63, 3.8) is 0 Å². The van der Waals surface area contributed by atoms with Gasteiger partial charge in [0, 0.05) is 19.3 Å². The molecule has 70 heavy (non-hydrogen) atoms. The van der Waals surface area contributed by atoms with Gasteiger partial charge >= 0.3 is 17.9 Å². The first kappa shape index (κ1) is 64.8. The van der Waals surface area contributed by atoms with E-state index in [0.717, 1.165) is 70.6 Å². The van der Waals surface area contributed by atoms with Crippen molar-refractivity contribution in [2.75, 3.05) is 13.2 Å². The molecule has 0 saturated heterocycles. The highest BCUT2D eigenvalue weighted by atomic mass is 16.6. The summed E-state index contributed by atoms with van der Waals surface area (Å²) in [6, 6.07) is 0. The number of ether oxygens (including phenoxy) is 3. The van der Waals surface area contributed by atoms with Crippen molar-refractivity contribution in [3.05, 3.63) is 170 Å². The molecule has 0 aliphatic rings. The quantitative estimate of drug-likeness (QED) is 0.0262. The minimum absolute atomic E-state index is 0.119. The molecule has 0 aliphatic carbocycles. The largest absolute Gasteiger partial charge is 0.462 e. The lowest BCUT2D eigenvalue weighted by Crippen LogP contribution is -2.30. The fourth-order valence-corrected chi connectivity index (χ4v) is 6.82. The second-order valence-electron chi connectivity index (χ2n) is 17.4. The number of unbranched alkanes of at least 4 members (excludes halogenated alkanes) is 19. The lowest BCUT2D eigenvalue weighted by atomic mass is 10.0. The normalized spacial score (nSPS) is 13.5. The van der Waals surface area contributed by atoms with Gasteiger partial charge in [-0.15, -0.1) is 0 Å². The Balaban J connectivity index is 4.64. The minimum Gasteiger partial charge on any atom is -0.462 e. The Labute approximate surface area is 428 Å². The van der Waals surface area contributed by atoms with Crippen LogP contribution in [0.3, 0.4) is 0 Å². The molecule has 1 unspecified atom stereocenters. The summed E-state index contributed by atoms with van der Waals surface area (Å²) in [5.74, 6) is -1.02. The van der Waals surface area contributed by atoms with E-state index in [1.165, 1.54) is 70.6 Å². The average Bonchev–Trinajstić information content (AvgIpc) is 3.36. The van der Waals surface area contributed by atoms with Gasteiger partial charge in [-0.3, -0.25) is 14.4 Å². The topological polar surface area (TPSA) is 78.9 Å². The summed E-state index contributed by atoms with van der Waals surface area (Å²) in [6.45, 7) is 6.25. The van der Waals surface area contributed by atoms with Gasteiger partial charge in [-0.2, -0.15) is 0 Å². The van der Waals surface area contributed by atoms with Crippen molar-refractivity contribution >= 4 is 17.9 Å². The highest BCUT2D eigenvalue weighted by Crippen LogP contribution is 2.14. The number of carbonyl (C=O) groups excluding carboxylic acids is 3. The lowest BCUT2D eigenvalue weighted by Gasteiger charge is -2.18. The van der Waals surface area contributed by atoms with Crippen LogP contribution < -0.4 is 0 Å². The Hall–Kier alpha value is -5.23. The van der Waals surface area contributed by atoms with E-state index in [2.05, 4.69) is 45.1 Å². The molecule has 0 rings (SSSR count). The van der Waals surface area contributed by atoms with E-state index in [1.54, 1.807) is 0 Å². The molecule has 388 valence electrons. The summed E-state index contributed by atoms with van der Waals surface area (Å²) in [6.07, 6.45) is 83.2. The number of hydrogen-bond donors (Lipinski definition) is 0. The SMILES string of the molecule is CC\C=C/C=C\C=C/C=C\C=C\C=C/C=C\CCCCCC(=O)OCC(COC(=O)CCCCCCCCCCCCCCCC)OC(=O)CCCCC\C=C/C=C\C=C\C=C/C=C\C=C/C=C\CC. The third-order valence-corrected chi connectivity index (χ3v) is 10.9. The maximum atomic E-state index is 12.8. The van der Waals surface area contributed by atoms with Crippen LogP contribution in [-0.2, 0) is 28.6 Å². The van der Waals surface area contributed by atoms with Gasteiger partial charge in [-0.05, 0) is 57.8 Å². The summed E-state index contributed by atoms with van der Waals surface area (Å²) in [7, 11) is 0. The lowest BCUT2D eigenvalue weighted by molar-refractivity contribution is -0.167. The van der Waals surface area contributed by atoms with Crippen molar-refractivity contribution < 1.29 is 28.6 Å². The van der Waals surface area contributed by atoms with Gasteiger partial charge in [0.05, 0.1) is 0 Å². The minimum atomic E-state index is -0.830. The molecule has 0 N–H and O–H groups in total. The van der Waals surface area contributed by atoms with Crippen molar-refractivity contribution in [1.29, 1.82) is 0 Å². The van der Waals surface area contributed by atoms with Crippen LogP contribution in [0.2, 0.25) is 0 Å². The Morgan fingerprint density at radius 1 is 0.300 bits per heavy atom. The van der Waals surface area contributed by atoms with Crippen LogP contribution in [0.1, 0.15) is 194 Å². The summed E-state index contributed by atoms with van der Waals surface area (Å²) < 4.78 is 16.8. The van der Waals surface area contributed by atoms with E-state index in [9.17, 15) is 14.4 Å². The number of esters is 3. The van der Waals surface area contributed by atoms with Gasteiger partial charge in [0.25, 0.3) is 0 Å². The standard InChI is InChI=1S/C64H96O6/c1-4-7-10-13-16-19-22-25-28-30-32-34-36-39-42-45-48-51-54-57-63(66)69-60-61(59-68-62(65)56-53-50-47-44-41-38-27-24-21-18-15-12-9-6-3)70-64(67)58-55-52-49-46-43-40-37-35-33-31-29-26-23-20-17-14-11-8-5-2/h7-8,10-11,13-14,16-17,19-20,22-23,25-26,28-37,39-40,42-43,61H,4-6,9,12,15,18,21,24,27,38,41,44-60H2,1-3H3/b10-7-,11-8-,16-13-,17-14-,22-19-,23-20-,28-25-,29-26-,32-30+,33-31+,36-34-,37-35-,42-39-,43-40-. The van der Waals surface area contributed by atoms with Crippen LogP contribution in [0.15, 0.2) is 170 Å². The van der Waals surface area contributed by atoms with Crippen molar-refractivity contribution in [3.8, 4) is 0 Å². The predicted molar refractivity (Wildman–Crippen MR) is 301 cm³/mol. The third-order valence-electron chi connectivity index (χ3n) is 10.9. The van der Waals surface area contributed by atoms with Gasteiger partial charge in [-0.1, -0.05) is 287 Å². The van der Waals surface area contributed by atoms with E-state index in [1.807, 2.05) is 146 Å². The smallest absolute Gasteiger partial charge is 0.306 e. The summed E-state index contributed by atoms with van der Waals surface area (Å²) in [5.41, 5.74) is 0. The van der Waals surface area contributed by atoms with E-state index in [4.69, 9.17) is 14.2 Å². The van der Waals surface area contributed by atoms with Gasteiger partial charge in [0.1, 0.15) is 13.2 Å². The maximum absolute atomic E-state index is 12.8. The maximum Gasteiger partial charge on any atom is 0.306 e. The molecule has 0 aromatic heterocycles. The van der Waals surface area contributed by atoms with Crippen molar-refractivity contribution in [2.24, 2.45) is 0 Å². The molecule has 0 fully saturated rings. The fraction of sp³-hybridized carbons (Fsp3) is 0.516. The Kier molecular flexibility index (Phi) is 52.1. The van der Waals surface area contributed by atoms with Crippen LogP contribution in [0.5, 0.6) is 0 Å². The molecule has 0 radical (unpaired) electrons. The molecule has 6 heteroatoms. The number of rotatable bonds is 46. The second-order valence-corrected chi connectivity index (χ2v) is 17.4. The first-order valence-electron chi connectivity index (χ1n) is 27.3. The van der Waals surface area contributed by atoms with E-state index in [0.29, 0.717) is 19.3 Å². The highest BCUT2D eigenvalue weighted by Gasteiger charge is 2.19. The molecule has 0 bridgehead atoms. The van der Waals surface area contributed by atoms with E-state index in [-0.39, 0.29) is 44.0 Å². The van der Waals surface area contributed by atoms with Crippen LogP contribution in [0.4, 0.5) is 0 Å². The second kappa shape index (κ2) is 56.4. The van der Waals surface area contributed by atoms with Crippen LogP contribution in [-0.4, -0.2) is 37.2 Å². The summed E-state index contributed by atoms with van der Waals surface area (Å²) >= 11 is 0. The number of carbonyl (C=O) groups is 3. The van der Waals surface area contributed by atoms with Gasteiger partial charge in [0.15, 0.2) is 6.10 Å². The molecule has 0 amide bonds. The predicted octanol–water partition coefficient (Wildman–Crippen LogP) is 18.4. The zero-order valence-electron chi connectivity index (χ0n) is 44.2. The first-order valence-corrected chi connectivity index (χ1v) is 27.3. The number of hydrogen-bond acceptors (Lipinski definition) is 6. The third kappa shape index (κ3) is 53.7. The van der Waals surface area contributed by atoms with Crippen LogP contribution in [0, 0.1) is 0 Å². The molecule has 1 atom stereocenters. The van der Waals surface area contributed by atoms with Gasteiger partial charge in [-0.25, -0.2) is 0 Å². The molecule has 0 aliphatic heterocycles. The molecule has 0 heterocycles. The molecular formula is C64H96O6. The number of allylic oxidation sites excluding steroid dienone is 28. The zero-order chi connectivity index (χ0) is 50.7. The molecule has 0 aromatic rings. The molecule has 0 saturated carbocycles. The highest BCUT2D eigenvalue weighted by molar-refractivity contribution is 5.71. The van der Waals surface area contributed by atoms with Crippen LogP contribution in [0.25, 0.3) is 0 Å². The van der Waals surface area contributed by atoms with Crippen molar-refractivity contribution in [1.82, 2.24) is 0 Å². The monoisotopic (exact) mass is 961 g/mol. The molecular weight excluding hydrogens is 865 g/mol. The Morgan fingerprint density at radius 2 is 0.557 bits per heavy atom. The first-order chi connectivity index (χ1) is 34.5. The van der Waals surface area contributed by atoms with E-state index >= 15 is 0 Å². The molecule has 6 nitrogen and oxygen atoms in total. The molecule has 0 spiro atoms. The van der Waals surface area contributed by atoms with Crippen molar-refractivity contribution in [2.45, 2.75) is 200 Å². The van der Waals surface area contributed by atoms with Gasteiger partial charge in [0.2, 0.25) is 0 Å². The average molecular weight is 961 g/mol. The molecule has 0 aromatic carbocycles.